The summed E-state index contributed by atoms with van der Waals surface area (Å²) in [6, 6.07) is 0. The number of hydrogen-bond donors (Lipinski definition) is 1. The molecule has 1 N–H and O–H groups in total. The topological polar surface area (TPSA) is 46.5 Å². The van der Waals surface area contributed by atoms with Gasteiger partial charge < -0.3 is 9.84 Å². The number of aliphatic hydroxyl groups excluding tert-OH is 1. The van der Waals surface area contributed by atoms with Crippen LogP contribution in [0.4, 0.5) is 0 Å². The molecule has 1 aliphatic carbocycles. The van der Waals surface area contributed by atoms with Crippen LogP contribution in [0, 0.1) is 17.3 Å². The monoisotopic (exact) mass is 318 g/mol. The zero-order chi connectivity index (χ0) is 16.8. The third-order valence-electron chi connectivity index (χ3n) is 6.75. The number of hydrogen-bond acceptors (Lipinski definition) is 3. The fraction of sp³-hybridized carbons (Fsp3) is 0.750. The molecule has 3 rings (SSSR count). The quantitative estimate of drug-likeness (QED) is 0.583. The summed E-state index contributed by atoms with van der Waals surface area (Å²) in [5.41, 5.74) is 1.39. The average molecular weight is 318 g/mol. The van der Waals surface area contributed by atoms with Crippen molar-refractivity contribution in [3.8, 4) is 0 Å². The van der Waals surface area contributed by atoms with Crippen LogP contribution in [0.1, 0.15) is 65.7 Å². The van der Waals surface area contributed by atoms with Crippen LogP contribution in [0.2, 0.25) is 0 Å². The molecule has 0 aromatic heterocycles. The van der Waals surface area contributed by atoms with Crippen LogP contribution >= 0.6 is 0 Å². The maximum atomic E-state index is 12.4. The van der Waals surface area contributed by atoms with Crippen molar-refractivity contribution in [2.45, 2.75) is 77.4 Å². The van der Waals surface area contributed by atoms with Crippen molar-refractivity contribution >= 4 is 5.97 Å². The van der Waals surface area contributed by atoms with Gasteiger partial charge in [-0.05, 0) is 76.0 Å². The Balaban J connectivity index is 1.98. The smallest absolute Gasteiger partial charge is 0.334 e. The summed E-state index contributed by atoms with van der Waals surface area (Å²) < 4.78 is 5.74. The Hall–Kier alpha value is -1.09. The molecule has 1 saturated carbocycles. The van der Waals surface area contributed by atoms with Crippen LogP contribution in [-0.4, -0.2) is 22.8 Å². The van der Waals surface area contributed by atoms with Gasteiger partial charge in [0.1, 0.15) is 5.60 Å². The van der Waals surface area contributed by atoms with Gasteiger partial charge >= 0.3 is 5.97 Å². The lowest BCUT2D eigenvalue weighted by Crippen LogP contribution is -2.47. The molecule has 128 valence electrons. The van der Waals surface area contributed by atoms with E-state index in [2.05, 4.69) is 20.4 Å². The normalized spacial score (nSPS) is 44.1. The molecule has 3 aliphatic rings. The maximum Gasteiger partial charge on any atom is 0.334 e. The fourth-order valence-corrected chi connectivity index (χ4v) is 5.10. The highest BCUT2D eigenvalue weighted by molar-refractivity contribution is 5.89. The van der Waals surface area contributed by atoms with Gasteiger partial charge in [-0.3, -0.25) is 0 Å². The molecule has 3 nitrogen and oxygen atoms in total. The van der Waals surface area contributed by atoms with E-state index in [-0.39, 0.29) is 11.4 Å². The molecule has 2 bridgehead atoms. The number of aliphatic hydroxyl groups is 1. The summed E-state index contributed by atoms with van der Waals surface area (Å²) in [5, 5.41) is 10.9. The standard InChI is InChI=1S/C20H30O3/c1-13(2)15-9-11-19(3)12-17(21)20(4)10-5-6-14(18(22)23-20)7-8-16(15)19/h6,15-17,21H,1,5,7-12H2,2-4H3/t15-,16+,17+,19-,20-/m1/s1. The second-order valence-electron chi connectivity index (χ2n) is 8.48. The van der Waals surface area contributed by atoms with Crippen LogP contribution in [0.25, 0.3) is 0 Å². The first-order chi connectivity index (χ1) is 10.8. The molecule has 3 heteroatoms. The molecule has 2 aliphatic heterocycles. The Labute approximate surface area is 139 Å². The molecule has 0 aromatic carbocycles. The van der Waals surface area contributed by atoms with Crippen molar-refractivity contribution in [1.82, 2.24) is 0 Å². The minimum atomic E-state index is -0.762. The SMILES string of the molecule is C=C(C)[C@H]1CC[C@]2(C)C[C@H](O)[C@@]3(C)CCC=C(CC[C@@H]12)C(=O)O3. The number of ether oxygens (including phenoxy) is 1. The van der Waals surface area contributed by atoms with Gasteiger partial charge in [-0.25, -0.2) is 4.79 Å². The summed E-state index contributed by atoms with van der Waals surface area (Å²) in [6.45, 7) is 10.5. The Bertz CT molecular complexity index is 549. The van der Waals surface area contributed by atoms with Crippen LogP contribution in [-0.2, 0) is 9.53 Å². The van der Waals surface area contributed by atoms with Crippen molar-refractivity contribution in [3.05, 3.63) is 23.8 Å². The van der Waals surface area contributed by atoms with Gasteiger partial charge in [0.15, 0.2) is 0 Å². The van der Waals surface area contributed by atoms with Gasteiger partial charge in [0, 0.05) is 5.57 Å². The first-order valence-corrected chi connectivity index (χ1v) is 9.01. The first-order valence-electron chi connectivity index (χ1n) is 9.01. The summed E-state index contributed by atoms with van der Waals surface area (Å²) in [7, 11) is 0. The maximum absolute atomic E-state index is 12.4. The molecule has 0 spiro atoms. The van der Waals surface area contributed by atoms with E-state index < -0.39 is 11.7 Å². The highest BCUT2D eigenvalue weighted by atomic mass is 16.6. The van der Waals surface area contributed by atoms with Gasteiger partial charge in [-0.15, -0.1) is 0 Å². The lowest BCUT2D eigenvalue weighted by Gasteiger charge is -2.42. The van der Waals surface area contributed by atoms with Gasteiger partial charge in [-0.2, -0.15) is 0 Å². The van der Waals surface area contributed by atoms with E-state index in [0.29, 0.717) is 24.7 Å². The van der Waals surface area contributed by atoms with Crippen molar-refractivity contribution in [1.29, 1.82) is 0 Å². The molecule has 0 radical (unpaired) electrons. The first kappa shape index (κ1) is 16.8. The lowest BCUT2D eigenvalue weighted by atomic mass is 9.68. The number of fused-ring (bicyclic) bond motifs is 4. The largest absolute Gasteiger partial charge is 0.453 e. The van der Waals surface area contributed by atoms with Crippen LogP contribution in [0.5, 0.6) is 0 Å². The highest BCUT2D eigenvalue weighted by Crippen LogP contribution is 2.55. The molecule has 1 saturated heterocycles. The Morgan fingerprint density at radius 2 is 2.09 bits per heavy atom. The Morgan fingerprint density at radius 1 is 1.35 bits per heavy atom. The predicted octanol–water partition coefficient (Wildman–Crippen LogP) is 4.16. The third-order valence-corrected chi connectivity index (χ3v) is 6.75. The number of carbonyl (C=O) groups is 1. The number of carbonyl (C=O) groups excluding carboxylic acids is 1. The lowest BCUT2D eigenvalue weighted by molar-refractivity contribution is -0.170. The van der Waals surface area contributed by atoms with E-state index in [1.165, 1.54) is 5.57 Å². The summed E-state index contributed by atoms with van der Waals surface area (Å²) >= 11 is 0. The molecule has 23 heavy (non-hydrogen) atoms. The highest BCUT2D eigenvalue weighted by Gasteiger charge is 2.50. The number of allylic oxidation sites excluding steroid dienone is 2. The van der Waals surface area contributed by atoms with Crippen molar-refractivity contribution in [3.63, 3.8) is 0 Å². The third kappa shape index (κ3) is 2.88. The molecule has 5 atom stereocenters. The molecule has 2 heterocycles. The fourth-order valence-electron chi connectivity index (χ4n) is 5.10. The van der Waals surface area contributed by atoms with Gasteiger partial charge in [-0.1, -0.05) is 25.2 Å². The van der Waals surface area contributed by atoms with E-state index in [9.17, 15) is 9.90 Å². The van der Waals surface area contributed by atoms with E-state index in [4.69, 9.17) is 4.74 Å². The molecular formula is C20H30O3. The second-order valence-corrected chi connectivity index (χ2v) is 8.48. The van der Waals surface area contributed by atoms with Crippen molar-refractivity contribution in [2.75, 3.05) is 0 Å². The number of rotatable bonds is 1. The predicted molar refractivity (Wildman–Crippen MR) is 90.8 cm³/mol. The minimum Gasteiger partial charge on any atom is -0.453 e. The van der Waals surface area contributed by atoms with Gasteiger partial charge in [0.25, 0.3) is 0 Å². The molecule has 0 aromatic rings. The zero-order valence-corrected chi connectivity index (χ0v) is 14.7. The van der Waals surface area contributed by atoms with E-state index in [0.717, 1.165) is 37.7 Å². The van der Waals surface area contributed by atoms with Crippen LogP contribution in [0.3, 0.4) is 0 Å². The Kier molecular flexibility index (Phi) is 4.20. The van der Waals surface area contributed by atoms with Crippen LogP contribution < -0.4 is 0 Å². The van der Waals surface area contributed by atoms with Gasteiger partial charge in [0.05, 0.1) is 6.10 Å². The zero-order valence-electron chi connectivity index (χ0n) is 14.7. The molecular weight excluding hydrogens is 288 g/mol. The summed E-state index contributed by atoms with van der Waals surface area (Å²) in [5.74, 6) is 0.778. The van der Waals surface area contributed by atoms with Crippen molar-refractivity contribution in [2.24, 2.45) is 17.3 Å². The summed E-state index contributed by atoms with van der Waals surface area (Å²) in [4.78, 5) is 12.4. The molecule has 2 fully saturated rings. The molecule has 0 amide bonds. The second kappa shape index (κ2) is 5.77. The van der Waals surface area contributed by atoms with Gasteiger partial charge in [0.2, 0.25) is 0 Å². The van der Waals surface area contributed by atoms with E-state index in [1.54, 1.807) is 0 Å². The minimum absolute atomic E-state index is 0.101. The Morgan fingerprint density at radius 3 is 2.78 bits per heavy atom. The number of esters is 1. The van der Waals surface area contributed by atoms with Crippen molar-refractivity contribution < 1.29 is 14.6 Å². The summed E-state index contributed by atoms with van der Waals surface area (Å²) in [6.07, 6.45) is 7.69. The van der Waals surface area contributed by atoms with E-state index in [1.807, 2.05) is 13.0 Å². The average Bonchev–Trinajstić information content (AvgIpc) is 2.69. The molecule has 0 unspecified atom stereocenters. The van der Waals surface area contributed by atoms with Crippen LogP contribution in [0.15, 0.2) is 23.8 Å². The van der Waals surface area contributed by atoms with E-state index >= 15 is 0 Å².